The average molecular weight is 196 g/mol. The van der Waals surface area contributed by atoms with Gasteiger partial charge in [0.25, 0.3) is 0 Å². The second-order valence-electron chi connectivity index (χ2n) is 5.24. The van der Waals surface area contributed by atoms with Crippen molar-refractivity contribution in [2.45, 2.75) is 39.2 Å². The molecule has 2 aliphatic rings. The minimum Gasteiger partial charge on any atom is -0.316 e. The molecular formula is C12H24N2. The van der Waals surface area contributed by atoms with Crippen molar-refractivity contribution in [3.05, 3.63) is 0 Å². The molecule has 0 aromatic carbocycles. The zero-order valence-electron chi connectivity index (χ0n) is 9.63. The molecule has 0 amide bonds. The second kappa shape index (κ2) is 4.63. The maximum atomic E-state index is 3.51. The van der Waals surface area contributed by atoms with Crippen LogP contribution < -0.4 is 5.32 Å². The van der Waals surface area contributed by atoms with E-state index in [1.54, 1.807) is 0 Å². The van der Waals surface area contributed by atoms with Crippen LogP contribution in [0.5, 0.6) is 0 Å². The lowest BCUT2D eigenvalue weighted by atomic mass is 10.1. The van der Waals surface area contributed by atoms with Crippen LogP contribution >= 0.6 is 0 Å². The fraction of sp³-hybridized carbons (Fsp3) is 1.00. The van der Waals surface area contributed by atoms with E-state index in [0.717, 1.165) is 17.9 Å². The number of nitrogens with zero attached hydrogens (tertiary/aromatic N) is 1. The average Bonchev–Trinajstić information content (AvgIpc) is 2.93. The molecule has 2 rings (SSSR count). The number of rotatable bonds is 2. The predicted molar refractivity (Wildman–Crippen MR) is 60.4 cm³/mol. The van der Waals surface area contributed by atoms with Gasteiger partial charge < -0.3 is 10.2 Å². The van der Waals surface area contributed by atoms with Gasteiger partial charge in [-0.3, -0.25) is 0 Å². The summed E-state index contributed by atoms with van der Waals surface area (Å²) >= 11 is 0. The highest BCUT2D eigenvalue weighted by Crippen LogP contribution is 2.35. The quantitative estimate of drug-likeness (QED) is 0.723. The Hall–Kier alpha value is -0.0800. The van der Waals surface area contributed by atoms with Crippen LogP contribution in [0.1, 0.15) is 33.1 Å². The maximum Gasteiger partial charge on any atom is 0.00953 e. The number of hydrogen-bond acceptors (Lipinski definition) is 2. The molecule has 2 nitrogen and oxygen atoms in total. The van der Waals surface area contributed by atoms with Gasteiger partial charge in [0.15, 0.2) is 0 Å². The summed E-state index contributed by atoms with van der Waals surface area (Å²) in [5.41, 5.74) is 0. The molecule has 14 heavy (non-hydrogen) atoms. The summed E-state index contributed by atoms with van der Waals surface area (Å²) in [6.45, 7) is 9.80. The zero-order valence-corrected chi connectivity index (χ0v) is 9.63. The van der Waals surface area contributed by atoms with E-state index in [1.807, 2.05) is 0 Å². The third-order valence-electron chi connectivity index (χ3n) is 3.72. The van der Waals surface area contributed by atoms with Crippen molar-refractivity contribution in [3.63, 3.8) is 0 Å². The number of hydrogen-bond donors (Lipinski definition) is 1. The Morgan fingerprint density at radius 3 is 2.86 bits per heavy atom. The van der Waals surface area contributed by atoms with E-state index in [1.165, 1.54) is 45.4 Å². The third-order valence-corrected chi connectivity index (χ3v) is 3.72. The van der Waals surface area contributed by atoms with E-state index in [2.05, 4.69) is 24.1 Å². The van der Waals surface area contributed by atoms with Gasteiger partial charge in [-0.05, 0) is 57.7 Å². The summed E-state index contributed by atoms with van der Waals surface area (Å²) < 4.78 is 0. The molecule has 1 aliphatic carbocycles. The Morgan fingerprint density at radius 1 is 1.36 bits per heavy atom. The van der Waals surface area contributed by atoms with Gasteiger partial charge in [0, 0.05) is 12.6 Å². The summed E-state index contributed by atoms with van der Waals surface area (Å²) in [5.74, 6) is 1.84. The van der Waals surface area contributed by atoms with Crippen LogP contribution in [0.15, 0.2) is 0 Å². The van der Waals surface area contributed by atoms with E-state index in [-0.39, 0.29) is 0 Å². The molecule has 1 heterocycles. The van der Waals surface area contributed by atoms with E-state index >= 15 is 0 Å². The van der Waals surface area contributed by atoms with E-state index in [9.17, 15) is 0 Å². The Kier molecular flexibility index (Phi) is 3.45. The van der Waals surface area contributed by atoms with Gasteiger partial charge in [-0.1, -0.05) is 6.92 Å². The van der Waals surface area contributed by atoms with Gasteiger partial charge in [0.1, 0.15) is 0 Å². The molecule has 2 unspecified atom stereocenters. The minimum absolute atomic E-state index is 0.816. The van der Waals surface area contributed by atoms with Crippen molar-refractivity contribution in [2.24, 2.45) is 11.8 Å². The van der Waals surface area contributed by atoms with Gasteiger partial charge in [-0.15, -0.1) is 0 Å². The van der Waals surface area contributed by atoms with E-state index in [4.69, 9.17) is 0 Å². The lowest BCUT2D eigenvalue weighted by Crippen LogP contribution is -2.43. The molecule has 0 aromatic heterocycles. The Balaban J connectivity index is 1.86. The van der Waals surface area contributed by atoms with Crippen LogP contribution in [0.25, 0.3) is 0 Å². The first-order valence-corrected chi connectivity index (χ1v) is 6.22. The summed E-state index contributed by atoms with van der Waals surface area (Å²) in [7, 11) is 0. The fourth-order valence-electron chi connectivity index (χ4n) is 2.56. The van der Waals surface area contributed by atoms with Crippen LogP contribution in [0, 0.1) is 11.8 Å². The molecule has 0 bridgehead atoms. The fourth-order valence-corrected chi connectivity index (χ4v) is 2.56. The van der Waals surface area contributed by atoms with Gasteiger partial charge >= 0.3 is 0 Å². The standard InChI is InChI=1S/C12H24N2/c1-10-8-13-6-3-7-14(9-10)11(2)12-4-5-12/h10-13H,3-9H2,1-2H3. The van der Waals surface area contributed by atoms with Crippen molar-refractivity contribution in [1.29, 1.82) is 0 Å². The van der Waals surface area contributed by atoms with E-state index in [0.29, 0.717) is 0 Å². The first-order valence-electron chi connectivity index (χ1n) is 6.22. The molecule has 2 fully saturated rings. The lowest BCUT2D eigenvalue weighted by molar-refractivity contribution is 0.152. The summed E-state index contributed by atoms with van der Waals surface area (Å²) in [5, 5.41) is 3.51. The second-order valence-corrected chi connectivity index (χ2v) is 5.24. The molecule has 82 valence electrons. The minimum atomic E-state index is 0.816. The van der Waals surface area contributed by atoms with Gasteiger partial charge in [0.2, 0.25) is 0 Å². The van der Waals surface area contributed by atoms with Crippen molar-refractivity contribution in [2.75, 3.05) is 26.2 Å². The molecule has 0 aromatic rings. The molecule has 1 aliphatic heterocycles. The molecule has 1 saturated carbocycles. The lowest BCUT2D eigenvalue weighted by Gasteiger charge is -2.33. The summed E-state index contributed by atoms with van der Waals surface area (Å²) in [6, 6.07) is 0.843. The van der Waals surface area contributed by atoms with Crippen LogP contribution in [-0.4, -0.2) is 37.1 Å². The molecule has 2 heteroatoms. The predicted octanol–water partition coefficient (Wildman–Crippen LogP) is 1.72. The van der Waals surface area contributed by atoms with Crippen LogP contribution in [0.4, 0.5) is 0 Å². The highest BCUT2D eigenvalue weighted by molar-refractivity contribution is 4.86. The van der Waals surface area contributed by atoms with Crippen molar-refractivity contribution in [1.82, 2.24) is 10.2 Å². The van der Waals surface area contributed by atoms with Gasteiger partial charge in [-0.2, -0.15) is 0 Å². The van der Waals surface area contributed by atoms with Crippen LogP contribution in [0.2, 0.25) is 0 Å². The van der Waals surface area contributed by atoms with Crippen LogP contribution in [-0.2, 0) is 0 Å². The first-order chi connectivity index (χ1) is 6.77. The van der Waals surface area contributed by atoms with Crippen molar-refractivity contribution < 1.29 is 0 Å². The number of nitrogens with one attached hydrogen (secondary N) is 1. The molecule has 0 spiro atoms. The van der Waals surface area contributed by atoms with Crippen molar-refractivity contribution in [3.8, 4) is 0 Å². The molecule has 1 saturated heterocycles. The topological polar surface area (TPSA) is 15.3 Å². The Bertz CT molecular complexity index is 177. The smallest absolute Gasteiger partial charge is 0.00953 e. The first kappa shape index (κ1) is 10.4. The SMILES string of the molecule is CC1CNCCCN(C(C)C2CC2)C1. The van der Waals surface area contributed by atoms with Gasteiger partial charge in [-0.25, -0.2) is 0 Å². The van der Waals surface area contributed by atoms with E-state index < -0.39 is 0 Å². The zero-order chi connectivity index (χ0) is 9.97. The van der Waals surface area contributed by atoms with Crippen molar-refractivity contribution >= 4 is 0 Å². The highest BCUT2D eigenvalue weighted by atomic mass is 15.2. The summed E-state index contributed by atoms with van der Waals surface area (Å²) in [4.78, 5) is 2.73. The Labute approximate surface area is 88.1 Å². The molecule has 1 N–H and O–H groups in total. The maximum absolute atomic E-state index is 3.51. The van der Waals surface area contributed by atoms with Crippen LogP contribution in [0.3, 0.4) is 0 Å². The highest BCUT2D eigenvalue weighted by Gasteiger charge is 2.32. The summed E-state index contributed by atoms with van der Waals surface area (Å²) in [6.07, 6.45) is 4.28. The normalized spacial score (nSPS) is 33.4. The molecular weight excluding hydrogens is 172 g/mol. The third kappa shape index (κ3) is 2.71. The largest absolute Gasteiger partial charge is 0.316 e. The van der Waals surface area contributed by atoms with Gasteiger partial charge in [0.05, 0.1) is 0 Å². The Morgan fingerprint density at radius 2 is 2.14 bits per heavy atom. The molecule has 0 radical (unpaired) electrons. The molecule has 2 atom stereocenters. The monoisotopic (exact) mass is 196 g/mol.